The van der Waals surface area contributed by atoms with Crippen molar-refractivity contribution in [2.45, 2.75) is 178 Å². The Balaban J connectivity index is 2.51. The van der Waals surface area contributed by atoms with Gasteiger partial charge in [0.25, 0.3) is 0 Å². The number of rotatable bonds is 50. The zero-order chi connectivity index (χ0) is 70.3. The monoisotopic (exact) mass is 1320 g/mol. The second kappa shape index (κ2) is 40.5. The van der Waals surface area contributed by atoms with Crippen molar-refractivity contribution in [2.75, 3.05) is 110 Å². The highest BCUT2D eigenvalue weighted by molar-refractivity contribution is 5.83. The average Bonchev–Trinajstić information content (AvgIpc) is 1.72. The van der Waals surface area contributed by atoms with E-state index in [0.29, 0.717) is 16.5 Å². The van der Waals surface area contributed by atoms with Gasteiger partial charge in [-0.1, -0.05) is 128 Å². The van der Waals surface area contributed by atoms with Gasteiger partial charge in [0.05, 0.1) is 63.8 Å². The number of carboxylic acid groups (broad SMARTS) is 6. The Morgan fingerprint density at radius 3 is 1.39 bits per heavy atom. The number of carbonyl (C=O) groups is 10. The van der Waals surface area contributed by atoms with Crippen LogP contribution in [0.1, 0.15) is 166 Å². The molecule has 0 saturated heterocycles. The van der Waals surface area contributed by atoms with E-state index in [1.54, 1.807) is 35.1 Å². The number of ketones is 1. The fourth-order valence-corrected chi connectivity index (χ4v) is 10.7. The molecule has 0 aliphatic heterocycles. The van der Waals surface area contributed by atoms with E-state index in [1.807, 2.05) is 20.8 Å². The molecule has 2 rings (SSSR count). The summed E-state index contributed by atoms with van der Waals surface area (Å²) < 4.78 is 26.0. The number of aliphatic carboxylic acids is 6. The molecule has 1 heterocycles. The molecular weight excluding hydrogens is 1210 g/mol. The molecule has 0 saturated carbocycles. The number of ether oxygens (including phenoxy) is 4. The van der Waals surface area contributed by atoms with Crippen LogP contribution in [0.5, 0.6) is 0 Å². The van der Waals surface area contributed by atoms with E-state index in [0.717, 1.165) is 67.6 Å². The normalized spacial score (nSPS) is 14.2. The van der Waals surface area contributed by atoms with Crippen LogP contribution < -0.4 is 5.43 Å². The van der Waals surface area contributed by atoms with Crippen LogP contribution >= 0.6 is 0 Å². The number of nitrogens with one attached hydrogen (secondary N) is 1. The number of benzene rings is 1. The lowest BCUT2D eigenvalue weighted by atomic mass is 9.87. The third-order valence-corrected chi connectivity index (χ3v) is 15.7. The molecule has 2 aromatic rings. The molecule has 93 heavy (non-hydrogen) atoms. The zero-order valence-electron chi connectivity index (χ0n) is 57.3. The number of carboxylic acids is 6. The van der Waals surface area contributed by atoms with E-state index < -0.39 is 118 Å². The first kappa shape index (κ1) is 82.4. The predicted octanol–water partition coefficient (Wildman–Crippen LogP) is 7.49. The first-order valence-electron chi connectivity index (χ1n) is 32.4. The van der Waals surface area contributed by atoms with Crippen LogP contribution in [0.2, 0.25) is 0 Å². The highest BCUT2D eigenvalue weighted by atomic mass is 16.6. The van der Waals surface area contributed by atoms with Crippen molar-refractivity contribution >= 4 is 70.4 Å². The van der Waals surface area contributed by atoms with Crippen LogP contribution in [0, 0.1) is 34.0 Å². The SMILES string of the molecule is CC(CCCC(C)(C)C)CC(=O)COC(CNn1ccc2cc(CC(=O)OCC(CN(CCN(CCN(CC(=O)O)CC(=O)O)CC(=O)O)CC(=O)O)N(CC(=O)O)CC(=O)O)ccc21)(COC(=O)CC(C)CCCC(C)(C)C)COC(=O)CC(C)CCCC(C)(C)C. The van der Waals surface area contributed by atoms with Crippen LogP contribution in [-0.2, 0) is 73.3 Å². The largest absolute Gasteiger partial charge is 0.480 e. The number of Topliss-reactive ketones (excluding diaryl/α,β-unsaturated/α-hetero) is 1. The van der Waals surface area contributed by atoms with Crippen molar-refractivity contribution < 1.29 is 97.5 Å². The van der Waals surface area contributed by atoms with E-state index in [2.05, 4.69) is 67.7 Å². The lowest BCUT2D eigenvalue weighted by Crippen LogP contribution is -2.52. The lowest BCUT2D eigenvalue weighted by molar-refractivity contribution is -0.172. The van der Waals surface area contributed by atoms with Gasteiger partial charge in [0.15, 0.2) is 11.4 Å². The minimum atomic E-state index is -1.56. The first-order chi connectivity index (χ1) is 43.2. The number of nitrogens with zero attached hydrogens (tertiary/aromatic N) is 5. The summed E-state index contributed by atoms with van der Waals surface area (Å²) in [7, 11) is 0. The zero-order valence-corrected chi connectivity index (χ0v) is 57.3. The molecule has 1 aromatic carbocycles. The molecular formula is C67H110N6O20. The minimum absolute atomic E-state index is 0.0186. The quantitative estimate of drug-likeness (QED) is 0.0249. The smallest absolute Gasteiger partial charge is 0.317 e. The van der Waals surface area contributed by atoms with Gasteiger partial charge < -0.3 is 55.0 Å². The third-order valence-electron chi connectivity index (χ3n) is 15.7. The number of carbonyl (C=O) groups excluding carboxylic acids is 4. The molecule has 26 nitrogen and oxygen atoms in total. The van der Waals surface area contributed by atoms with Crippen molar-refractivity contribution in [3.63, 3.8) is 0 Å². The molecule has 7 N–H and O–H groups in total. The summed E-state index contributed by atoms with van der Waals surface area (Å²) in [5, 5.41) is 58.4. The number of aromatic nitrogens is 1. The van der Waals surface area contributed by atoms with E-state index in [-0.39, 0.29) is 118 Å². The van der Waals surface area contributed by atoms with E-state index in [1.165, 1.54) is 9.80 Å². The minimum Gasteiger partial charge on any atom is -0.480 e. The lowest BCUT2D eigenvalue weighted by Gasteiger charge is -2.34. The topological polar surface area (TPSA) is 359 Å². The second-order valence-corrected chi connectivity index (χ2v) is 29.0. The molecule has 4 atom stereocenters. The molecule has 0 fully saturated rings. The van der Waals surface area contributed by atoms with E-state index in [9.17, 15) is 78.6 Å². The summed E-state index contributed by atoms with van der Waals surface area (Å²) in [5.74, 6) is -10.0. The Morgan fingerprint density at radius 2 is 0.935 bits per heavy atom. The Bertz CT molecular complexity index is 2570. The van der Waals surface area contributed by atoms with Crippen LogP contribution in [0.15, 0.2) is 30.5 Å². The number of hydrogen-bond donors (Lipinski definition) is 7. The van der Waals surface area contributed by atoms with Gasteiger partial charge in [0, 0.05) is 63.6 Å². The fraction of sp³-hybridized carbons (Fsp3) is 0.731. The third kappa shape index (κ3) is 38.9. The van der Waals surface area contributed by atoms with Crippen LogP contribution in [0.4, 0.5) is 0 Å². The van der Waals surface area contributed by atoms with E-state index in [4.69, 9.17) is 18.9 Å². The average molecular weight is 1320 g/mol. The van der Waals surface area contributed by atoms with Crippen LogP contribution in [0.25, 0.3) is 10.9 Å². The van der Waals surface area contributed by atoms with Crippen molar-refractivity contribution in [3.05, 3.63) is 36.0 Å². The number of hydrogen-bond acceptors (Lipinski definition) is 19. The number of esters is 3. The standard InChI is InChI=1S/C67H110N6O20/c1-47(16-13-22-64(4,5)6)30-53(74)43-93-67(45-91-61(87)31-48(2)17-14-23-65(7,8)9,46-92-62(88)32-49(3)18-15-24-66(10,11)12)44-68-73-25-21-51-33-50(19-20-54(51)73)34-63(89)90-42-52(72(40-59(83)84)41-60(85)86)35-70(37-56(77)78)28-26-69(36-55(75)76)27-29-71(38-57(79)80)39-58(81)82/h19-21,25,33,47-49,52,68H,13-18,22-24,26-32,34-46H2,1-12H3,(H,75,76)(H,77,78)(H,79,80)(H,81,82)(H,83,84)(H,85,86). The maximum Gasteiger partial charge on any atom is 0.317 e. The van der Waals surface area contributed by atoms with Gasteiger partial charge in [-0.3, -0.25) is 72.2 Å². The van der Waals surface area contributed by atoms with Gasteiger partial charge in [-0.05, 0) is 77.0 Å². The summed E-state index contributed by atoms with van der Waals surface area (Å²) in [6, 6.07) is 5.60. The van der Waals surface area contributed by atoms with Gasteiger partial charge in [-0.25, -0.2) is 0 Å². The van der Waals surface area contributed by atoms with Crippen molar-refractivity contribution in [2.24, 2.45) is 34.0 Å². The predicted molar refractivity (Wildman–Crippen MR) is 348 cm³/mol. The van der Waals surface area contributed by atoms with Crippen LogP contribution in [0.3, 0.4) is 0 Å². The molecule has 1 aromatic heterocycles. The summed E-state index contributed by atoms with van der Waals surface area (Å²) in [4.78, 5) is 130. The highest BCUT2D eigenvalue weighted by Gasteiger charge is 2.37. The highest BCUT2D eigenvalue weighted by Crippen LogP contribution is 2.28. The molecule has 26 heteroatoms. The summed E-state index contributed by atoms with van der Waals surface area (Å²) in [6.07, 6.45) is 10.2. The second-order valence-electron chi connectivity index (χ2n) is 29.0. The van der Waals surface area contributed by atoms with Crippen molar-refractivity contribution in [1.29, 1.82) is 0 Å². The van der Waals surface area contributed by atoms with Gasteiger partial charge in [-0.15, -0.1) is 0 Å². The first-order valence-corrected chi connectivity index (χ1v) is 32.4. The molecule has 0 amide bonds. The maximum absolute atomic E-state index is 13.8. The maximum atomic E-state index is 13.8. The van der Waals surface area contributed by atoms with Crippen molar-refractivity contribution in [3.8, 4) is 0 Å². The Kier molecular flexibility index (Phi) is 35.9. The number of fused-ring (bicyclic) bond motifs is 1. The Labute approximate surface area is 548 Å². The summed E-state index contributed by atoms with van der Waals surface area (Å²) in [6.45, 7) is 18.3. The fourth-order valence-electron chi connectivity index (χ4n) is 10.7. The molecule has 0 bridgehead atoms. The molecule has 0 aliphatic rings. The molecule has 528 valence electrons. The van der Waals surface area contributed by atoms with Crippen LogP contribution in [-0.4, -0.2) is 231 Å². The van der Waals surface area contributed by atoms with Crippen molar-refractivity contribution in [1.82, 2.24) is 24.3 Å². The Hall–Kier alpha value is -6.74. The van der Waals surface area contributed by atoms with E-state index >= 15 is 0 Å². The Morgan fingerprint density at radius 1 is 0.516 bits per heavy atom. The molecule has 0 radical (unpaired) electrons. The van der Waals surface area contributed by atoms with Gasteiger partial charge in [0.2, 0.25) is 0 Å². The molecule has 4 unspecified atom stereocenters. The van der Waals surface area contributed by atoms with Gasteiger partial charge in [-0.2, -0.15) is 0 Å². The summed E-state index contributed by atoms with van der Waals surface area (Å²) in [5.41, 5.74) is 3.28. The van der Waals surface area contributed by atoms with Gasteiger partial charge >= 0.3 is 53.7 Å². The summed E-state index contributed by atoms with van der Waals surface area (Å²) >= 11 is 0. The molecule has 0 aliphatic carbocycles. The van der Waals surface area contributed by atoms with Gasteiger partial charge in [0.1, 0.15) is 26.4 Å². The molecule has 0 spiro atoms.